The van der Waals surface area contributed by atoms with Crippen LogP contribution in [0.1, 0.15) is 64.5 Å². The Kier molecular flexibility index (Phi) is 6.55. The van der Waals surface area contributed by atoms with Gasteiger partial charge in [0.25, 0.3) is 0 Å². The molecule has 4 rings (SSSR count). The van der Waals surface area contributed by atoms with Crippen LogP contribution >= 0.6 is 0 Å². The molecule has 2 nitrogen and oxygen atoms in total. The van der Waals surface area contributed by atoms with Crippen LogP contribution in [0.15, 0.2) is 49.1 Å². The molecule has 0 N–H and O–H groups in total. The second-order valence-corrected chi connectivity index (χ2v) is 9.46. The van der Waals surface area contributed by atoms with Crippen LogP contribution in [0.2, 0.25) is 0 Å². The lowest BCUT2D eigenvalue weighted by atomic mass is 9.53. The molecule has 8 atom stereocenters. The number of hydrogen-bond acceptors (Lipinski definition) is 0. The van der Waals surface area contributed by atoms with Crippen molar-refractivity contribution in [2.24, 2.45) is 17.3 Å². The fourth-order valence-corrected chi connectivity index (χ4v) is 6.75. The SMILES string of the molecule is CCC(CC)(C1C(F)CCC(n2cccc2)C1F)C1C(F)CCC(n2cccc2)C1F. The summed E-state index contributed by atoms with van der Waals surface area (Å²) in [5.74, 6) is -2.04. The summed E-state index contributed by atoms with van der Waals surface area (Å²) in [5, 5.41) is 0. The smallest absolute Gasteiger partial charge is 0.127 e. The van der Waals surface area contributed by atoms with E-state index in [2.05, 4.69) is 0 Å². The average molecular weight is 439 g/mol. The molecule has 6 heteroatoms. The number of halogens is 4. The Balaban J connectivity index is 1.72. The van der Waals surface area contributed by atoms with Crippen molar-refractivity contribution in [3.8, 4) is 0 Å². The second-order valence-electron chi connectivity index (χ2n) is 9.46. The highest BCUT2D eigenvalue weighted by molar-refractivity contribution is 5.10. The molecule has 0 aromatic carbocycles. The van der Waals surface area contributed by atoms with Gasteiger partial charge >= 0.3 is 0 Å². The van der Waals surface area contributed by atoms with E-state index in [1.54, 1.807) is 33.9 Å². The van der Waals surface area contributed by atoms with E-state index in [0.717, 1.165) is 0 Å². The van der Waals surface area contributed by atoms with Crippen molar-refractivity contribution in [1.29, 1.82) is 0 Å². The molecule has 31 heavy (non-hydrogen) atoms. The van der Waals surface area contributed by atoms with Gasteiger partial charge in [0.05, 0.1) is 12.1 Å². The second kappa shape index (κ2) is 9.03. The minimum absolute atomic E-state index is 0.220. The molecule has 0 radical (unpaired) electrons. The summed E-state index contributed by atoms with van der Waals surface area (Å²) < 4.78 is 66.6. The lowest BCUT2D eigenvalue weighted by Gasteiger charge is -2.54. The highest BCUT2D eigenvalue weighted by Crippen LogP contribution is 2.58. The third-order valence-corrected chi connectivity index (χ3v) is 8.34. The van der Waals surface area contributed by atoms with Gasteiger partial charge in [0, 0.05) is 36.6 Å². The van der Waals surface area contributed by atoms with E-state index in [9.17, 15) is 0 Å². The van der Waals surface area contributed by atoms with Gasteiger partial charge < -0.3 is 9.13 Å². The normalized spacial score (nSPS) is 37.1. The fraction of sp³-hybridized carbons (Fsp3) is 0.680. The van der Waals surface area contributed by atoms with Crippen LogP contribution in [0.5, 0.6) is 0 Å². The first-order valence-corrected chi connectivity index (χ1v) is 11.8. The Bertz CT molecular complexity index is 737. The molecule has 172 valence electrons. The Morgan fingerprint density at radius 1 is 0.645 bits per heavy atom. The molecular weight excluding hydrogens is 404 g/mol. The molecule has 0 saturated heterocycles. The van der Waals surface area contributed by atoms with E-state index < -0.39 is 54.0 Å². The maximum Gasteiger partial charge on any atom is 0.127 e. The summed E-state index contributed by atoms with van der Waals surface area (Å²) in [7, 11) is 0. The first-order valence-electron chi connectivity index (χ1n) is 11.8. The monoisotopic (exact) mass is 438 g/mol. The van der Waals surface area contributed by atoms with Gasteiger partial charge in [0.2, 0.25) is 0 Å². The standard InChI is InChI=1S/C25H34F4N2/c1-3-25(4-2,21-17(26)9-11-19(23(21)28)30-13-5-6-14-30)22-18(27)10-12-20(24(22)29)31-15-7-8-16-31/h5-8,13-24H,3-4,9-12H2,1-2H3. The van der Waals surface area contributed by atoms with Crippen LogP contribution in [0.4, 0.5) is 17.6 Å². The Hall–Kier alpha value is -1.72. The van der Waals surface area contributed by atoms with Crippen LogP contribution in [0.3, 0.4) is 0 Å². The summed E-state index contributed by atoms with van der Waals surface area (Å²) in [6.45, 7) is 3.70. The molecule has 0 spiro atoms. The number of alkyl halides is 4. The zero-order valence-electron chi connectivity index (χ0n) is 18.4. The number of nitrogens with zero attached hydrogens (tertiary/aromatic N) is 2. The number of aromatic nitrogens is 2. The molecule has 2 aromatic heterocycles. The summed E-state index contributed by atoms with van der Waals surface area (Å²) >= 11 is 0. The van der Waals surface area contributed by atoms with Gasteiger partial charge in [-0.15, -0.1) is 0 Å². The quantitative estimate of drug-likeness (QED) is 0.428. The Labute approximate surface area is 182 Å². The minimum atomic E-state index is -1.48. The lowest BCUT2D eigenvalue weighted by molar-refractivity contribution is -0.133. The van der Waals surface area contributed by atoms with Gasteiger partial charge in [0.15, 0.2) is 0 Å². The van der Waals surface area contributed by atoms with Crippen molar-refractivity contribution < 1.29 is 17.6 Å². The first-order chi connectivity index (χ1) is 14.9. The minimum Gasteiger partial charge on any atom is -0.348 e. The van der Waals surface area contributed by atoms with Crippen LogP contribution in [0.25, 0.3) is 0 Å². The zero-order valence-corrected chi connectivity index (χ0v) is 18.4. The summed E-state index contributed by atoms with van der Waals surface area (Å²) in [5.41, 5.74) is -1.07. The third-order valence-electron chi connectivity index (χ3n) is 8.34. The van der Waals surface area contributed by atoms with Gasteiger partial charge in [0.1, 0.15) is 24.7 Å². The van der Waals surface area contributed by atoms with Crippen LogP contribution in [0, 0.1) is 17.3 Å². The highest BCUT2D eigenvalue weighted by Gasteiger charge is 2.59. The predicted octanol–water partition coefficient (Wildman–Crippen LogP) is 7.05. The molecule has 0 aliphatic heterocycles. The largest absolute Gasteiger partial charge is 0.348 e. The van der Waals surface area contributed by atoms with E-state index in [0.29, 0.717) is 25.7 Å². The van der Waals surface area contributed by atoms with Crippen LogP contribution in [-0.4, -0.2) is 33.8 Å². The topological polar surface area (TPSA) is 9.86 Å². The van der Waals surface area contributed by atoms with Crippen molar-refractivity contribution >= 4 is 0 Å². The molecule has 2 fully saturated rings. The summed E-state index contributed by atoms with van der Waals surface area (Å²) in [4.78, 5) is 0. The number of rotatable bonds is 6. The molecule has 2 aliphatic carbocycles. The maximum atomic E-state index is 16.1. The fourth-order valence-electron chi connectivity index (χ4n) is 6.75. The van der Waals surface area contributed by atoms with Gasteiger partial charge in [-0.05, 0) is 68.2 Å². The van der Waals surface area contributed by atoms with Gasteiger partial charge in [-0.3, -0.25) is 0 Å². The van der Waals surface area contributed by atoms with E-state index in [-0.39, 0.29) is 12.8 Å². The zero-order chi connectivity index (χ0) is 22.2. The molecular formula is C25H34F4N2. The summed E-state index contributed by atoms with van der Waals surface area (Å²) in [6, 6.07) is 6.32. The first kappa shape index (κ1) is 22.5. The molecule has 0 amide bonds. The highest BCUT2D eigenvalue weighted by atomic mass is 19.2. The summed E-state index contributed by atoms with van der Waals surface area (Å²) in [6.07, 6.45) is 3.37. The van der Waals surface area contributed by atoms with E-state index in [4.69, 9.17) is 0 Å². The van der Waals surface area contributed by atoms with Crippen LogP contribution in [-0.2, 0) is 0 Å². The predicted molar refractivity (Wildman–Crippen MR) is 115 cm³/mol. The number of hydrogen-bond donors (Lipinski definition) is 0. The lowest BCUT2D eigenvalue weighted by Crippen LogP contribution is -2.57. The molecule has 2 saturated carbocycles. The molecule has 0 bridgehead atoms. The van der Waals surface area contributed by atoms with Crippen molar-refractivity contribution in [2.45, 2.75) is 89.1 Å². The molecule has 2 aromatic rings. The van der Waals surface area contributed by atoms with Gasteiger partial charge in [-0.2, -0.15) is 0 Å². The van der Waals surface area contributed by atoms with E-state index in [1.807, 2.05) is 38.1 Å². The van der Waals surface area contributed by atoms with Crippen molar-refractivity contribution in [3.05, 3.63) is 49.1 Å². The average Bonchev–Trinajstić information content (AvgIpc) is 3.47. The van der Waals surface area contributed by atoms with Crippen molar-refractivity contribution in [2.75, 3.05) is 0 Å². The Morgan fingerprint density at radius 3 is 1.32 bits per heavy atom. The van der Waals surface area contributed by atoms with E-state index in [1.165, 1.54) is 0 Å². The molecule has 2 aliphatic rings. The van der Waals surface area contributed by atoms with Gasteiger partial charge in [-0.25, -0.2) is 17.6 Å². The molecule has 2 heterocycles. The van der Waals surface area contributed by atoms with E-state index >= 15 is 17.6 Å². The maximum absolute atomic E-state index is 16.1. The van der Waals surface area contributed by atoms with Crippen LogP contribution < -0.4 is 0 Å². The van der Waals surface area contributed by atoms with Crippen molar-refractivity contribution in [3.63, 3.8) is 0 Å². The molecule has 8 unspecified atom stereocenters. The van der Waals surface area contributed by atoms with Gasteiger partial charge in [-0.1, -0.05) is 13.8 Å². The third kappa shape index (κ3) is 3.74. The Morgan fingerprint density at radius 2 is 1.00 bits per heavy atom. The van der Waals surface area contributed by atoms with Crippen molar-refractivity contribution in [1.82, 2.24) is 9.13 Å².